The summed E-state index contributed by atoms with van der Waals surface area (Å²) in [6, 6.07) is 3.44. The minimum atomic E-state index is -3.60. The van der Waals surface area contributed by atoms with Gasteiger partial charge in [0.05, 0.1) is 18.4 Å². The Hall–Kier alpha value is -1.60. The number of nitrogens with zero attached hydrogens (tertiary/aromatic N) is 2. The van der Waals surface area contributed by atoms with E-state index in [0.29, 0.717) is 11.5 Å². The van der Waals surface area contributed by atoms with Gasteiger partial charge in [0.1, 0.15) is 16.4 Å². The lowest BCUT2D eigenvalue weighted by atomic mass is 10.3. The van der Waals surface area contributed by atoms with Crippen LogP contribution in [0, 0.1) is 13.8 Å². The minimum Gasteiger partial charge on any atom is -0.465 e. The average molecular weight is 297 g/mol. The Morgan fingerprint density at radius 1 is 1.35 bits per heavy atom. The average Bonchev–Trinajstić information content (AvgIpc) is 2.94. The van der Waals surface area contributed by atoms with Gasteiger partial charge in [-0.2, -0.15) is 9.40 Å². The fraction of sp³-hybridized carbons (Fsp3) is 0.462. The van der Waals surface area contributed by atoms with Gasteiger partial charge in [-0.15, -0.1) is 0 Å². The smallest absolute Gasteiger partial charge is 0.247 e. The van der Waals surface area contributed by atoms with Crippen LogP contribution < -0.4 is 0 Å². The van der Waals surface area contributed by atoms with Gasteiger partial charge in [-0.1, -0.05) is 0 Å². The molecule has 2 aromatic heterocycles. The lowest BCUT2D eigenvalue weighted by Gasteiger charge is -2.24. The zero-order valence-electron chi connectivity index (χ0n) is 12.0. The van der Waals surface area contributed by atoms with Crippen molar-refractivity contribution in [1.82, 2.24) is 14.5 Å². The molecule has 0 unspecified atom stereocenters. The first kappa shape index (κ1) is 14.8. The lowest BCUT2D eigenvalue weighted by Crippen LogP contribution is -2.36. The summed E-state index contributed by atoms with van der Waals surface area (Å²) in [6.45, 7) is 7.40. The van der Waals surface area contributed by atoms with Crippen LogP contribution in [-0.4, -0.2) is 29.0 Å². The van der Waals surface area contributed by atoms with Gasteiger partial charge in [0, 0.05) is 6.04 Å². The Balaban J connectivity index is 2.36. The molecule has 20 heavy (non-hydrogen) atoms. The molecule has 2 heterocycles. The predicted octanol–water partition coefficient (Wildman–Crippen LogP) is 2.22. The van der Waals surface area contributed by atoms with Crippen molar-refractivity contribution < 1.29 is 12.8 Å². The van der Waals surface area contributed by atoms with Crippen LogP contribution in [0.3, 0.4) is 0 Å². The van der Waals surface area contributed by atoms with Gasteiger partial charge in [-0.3, -0.25) is 5.10 Å². The van der Waals surface area contributed by atoms with Crippen molar-refractivity contribution in [2.45, 2.75) is 45.2 Å². The van der Waals surface area contributed by atoms with Crippen LogP contribution in [0.1, 0.15) is 31.1 Å². The van der Waals surface area contributed by atoms with E-state index < -0.39 is 10.0 Å². The van der Waals surface area contributed by atoms with E-state index in [1.807, 2.05) is 26.8 Å². The standard InChI is InChI=1S/C13H19N3O3S/c1-9(2)16(8-12-6-5-10(3)19-12)20(17,18)13-7-14-15-11(13)4/h5-7,9H,8H2,1-4H3,(H,14,15). The molecule has 6 nitrogen and oxygen atoms in total. The first-order valence-electron chi connectivity index (χ1n) is 6.39. The van der Waals surface area contributed by atoms with E-state index in [2.05, 4.69) is 10.2 Å². The van der Waals surface area contributed by atoms with Crippen molar-refractivity contribution in [3.05, 3.63) is 35.5 Å². The predicted molar refractivity (Wildman–Crippen MR) is 74.6 cm³/mol. The molecule has 0 fully saturated rings. The summed E-state index contributed by atoms with van der Waals surface area (Å²) in [5, 5.41) is 6.44. The molecule has 0 radical (unpaired) electrons. The molecule has 1 N–H and O–H groups in total. The van der Waals surface area contributed by atoms with E-state index in [9.17, 15) is 8.42 Å². The Kier molecular flexibility index (Phi) is 4.01. The maximum absolute atomic E-state index is 12.7. The molecule has 0 bridgehead atoms. The third-order valence-corrected chi connectivity index (χ3v) is 5.19. The van der Waals surface area contributed by atoms with E-state index in [-0.39, 0.29) is 17.5 Å². The van der Waals surface area contributed by atoms with Crippen molar-refractivity contribution in [3.63, 3.8) is 0 Å². The molecule has 0 saturated heterocycles. The Morgan fingerprint density at radius 3 is 2.50 bits per heavy atom. The molecular weight excluding hydrogens is 278 g/mol. The SMILES string of the molecule is Cc1ccc(CN(C(C)C)S(=O)(=O)c2cn[nH]c2C)o1. The second-order valence-electron chi connectivity index (χ2n) is 5.02. The summed E-state index contributed by atoms with van der Waals surface area (Å²) in [4.78, 5) is 0.203. The van der Waals surface area contributed by atoms with Gasteiger partial charge < -0.3 is 4.42 Å². The number of furan rings is 1. The van der Waals surface area contributed by atoms with Crippen molar-refractivity contribution in [2.24, 2.45) is 0 Å². The third-order valence-electron chi connectivity index (χ3n) is 3.05. The van der Waals surface area contributed by atoms with Gasteiger partial charge in [0.15, 0.2) is 0 Å². The van der Waals surface area contributed by atoms with Crippen LogP contribution >= 0.6 is 0 Å². The number of nitrogens with one attached hydrogen (secondary N) is 1. The highest BCUT2D eigenvalue weighted by molar-refractivity contribution is 7.89. The first-order chi connectivity index (χ1) is 9.32. The Bertz CT molecular complexity index is 685. The largest absolute Gasteiger partial charge is 0.465 e. The van der Waals surface area contributed by atoms with Crippen molar-refractivity contribution in [2.75, 3.05) is 0 Å². The summed E-state index contributed by atoms with van der Waals surface area (Å²) in [5.74, 6) is 1.39. The highest BCUT2D eigenvalue weighted by Gasteiger charge is 2.30. The summed E-state index contributed by atoms with van der Waals surface area (Å²) in [7, 11) is -3.60. The fourth-order valence-corrected chi connectivity index (χ4v) is 3.72. The Labute approximate surface area is 118 Å². The van der Waals surface area contributed by atoms with Crippen molar-refractivity contribution in [3.8, 4) is 0 Å². The molecule has 0 aromatic carbocycles. The van der Waals surface area contributed by atoms with Crippen molar-refractivity contribution in [1.29, 1.82) is 0 Å². The molecule has 110 valence electrons. The van der Waals surface area contributed by atoms with Gasteiger partial charge in [-0.25, -0.2) is 8.42 Å². The quantitative estimate of drug-likeness (QED) is 0.917. The number of hydrogen-bond acceptors (Lipinski definition) is 4. The number of aromatic nitrogens is 2. The molecule has 0 aliphatic carbocycles. The molecule has 0 spiro atoms. The lowest BCUT2D eigenvalue weighted by molar-refractivity contribution is 0.314. The number of hydrogen-bond donors (Lipinski definition) is 1. The van der Waals surface area contributed by atoms with Crippen LogP contribution in [0.2, 0.25) is 0 Å². The van der Waals surface area contributed by atoms with Crippen LogP contribution in [0.25, 0.3) is 0 Å². The zero-order chi connectivity index (χ0) is 14.9. The number of aryl methyl sites for hydroxylation is 2. The van der Waals surface area contributed by atoms with Crippen LogP contribution in [0.15, 0.2) is 27.6 Å². The summed E-state index contributed by atoms with van der Waals surface area (Å²) < 4.78 is 32.3. The van der Waals surface area contributed by atoms with Gasteiger partial charge in [0.2, 0.25) is 10.0 Å². The van der Waals surface area contributed by atoms with Crippen LogP contribution in [-0.2, 0) is 16.6 Å². The second kappa shape index (κ2) is 5.41. The first-order valence-corrected chi connectivity index (χ1v) is 7.83. The third kappa shape index (κ3) is 2.78. The minimum absolute atomic E-state index is 0.181. The van der Waals surface area contributed by atoms with Gasteiger partial charge in [0.25, 0.3) is 0 Å². The fourth-order valence-electron chi connectivity index (χ4n) is 1.99. The molecule has 2 rings (SSSR count). The molecule has 2 aromatic rings. The highest BCUT2D eigenvalue weighted by atomic mass is 32.2. The zero-order valence-corrected chi connectivity index (χ0v) is 12.9. The summed E-state index contributed by atoms with van der Waals surface area (Å²) in [6.07, 6.45) is 1.34. The number of sulfonamides is 1. The molecular formula is C13H19N3O3S. The van der Waals surface area contributed by atoms with E-state index in [4.69, 9.17) is 4.42 Å². The molecule has 0 aliphatic heterocycles. The number of H-pyrrole nitrogens is 1. The Morgan fingerprint density at radius 2 is 2.05 bits per heavy atom. The molecule has 0 aliphatic rings. The maximum Gasteiger partial charge on any atom is 0.247 e. The topological polar surface area (TPSA) is 79.2 Å². The molecule has 0 amide bonds. The second-order valence-corrected chi connectivity index (χ2v) is 6.87. The summed E-state index contributed by atoms with van der Waals surface area (Å²) in [5.41, 5.74) is 0.534. The van der Waals surface area contributed by atoms with Crippen LogP contribution in [0.4, 0.5) is 0 Å². The summed E-state index contributed by atoms with van der Waals surface area (Å²) >= 11 is 0. The van der Waals surface area contributed by atoms with E-state index in [1.54, 1.807) is 13.0 Å². The monoisotopic (exact) mass is 297 g/mol. The van der Waals surface area contributed by atoms with Gasteiger partial charge in [-0.05, 0) is 39.8 Å². The number of aromatic amines is 1. The number of rotatable bonds is 5. The van der Waals surface area contributed by atoms with Gasteiger partial charge >= 0.3 is 0 Å². The molecule has 0 atom stereocenters. The maximum atomic E-state index is 12.7. The highest BCUT2D eigenvalue weighted by Crippen LogP contribution is 2.23. The van der Waals surface area contributed by atoms with Crippen molar-refractivity contribution >= 4 is 10.0 Å². The van der Waals surface area contributed by atoms with Crippen LogP contribution in [0.5, 0.6) is 0 Å². The van der Waals surface area contributed by atoms with E-state index >= 15 is 0 Å². The van der Waals surface area contributed by atoms with E-state index in [0.717, 1.165) is 5.76 Å². The normalized spacial score (nSPS) is 12.5. The molecule has 7 heteroatoms. The van der Waals surface area contributed by atoms with E-state index in [1.165, 1.54) is 10.5 Å². The molecule has 0 saturated carbocycles.